The van der Waals surface area contributed by atoms with E-state index in [1.807, 2.05) is 0 Å². The van der Waals surface area contributed by atoms with E-state index in [4.69, 9.17) is 5.73 Å². The van der Waals surface area contributed by atoms with Crippen molar-refractivity contribution in [3.05, 3.63) is 41.3 Å². The lowest BCUT2D eigenvalue weighted by molar-refractivity contribution is 0.937. The molecule has 3 nitrogen and oxygen atoms in total. The first kappa shape index (κ1) is 10.9. The first-order chi connectivity index (χ1) is 7.70. The second kappa shape index (κ2) is 4.49. The van der Waals surface area contributed by atoms with Gasteiger partial charge < -0.3 is 10.7 Å². The molecule has 0 aliphatic carbocycles. The van der Waals surface area contributed by atoms with Crippen molar-refractivity contribution in [2.45, 2.75) is 20.3 Å². The minimum Gasteiger partial charge on any atom is -0.348 e. The van der Waals surface area contributed by atoms with E-state index >= 15 is 0 Å². The summed E-state index contributed by atoms with van der Waals surface area (Å²) in [6, 6.07) is 6.48. The monoisotopic (exact) mass is 215 g/mol. The Kier molecular flexibility index (Phi) is 3.06. The molecule has 0 radical (unpaired) electrons. The first-order valence-electron chi connectivity index (χ1n) is 5.51. The van der Waals surface area contributed by atoms with Gasteiger partial charge in [0.1, 0.15) is 0 Å². The molecular formula is C13H17N3. The topological polar surface area (TPSA) is 54.7 Å². The van der Waals surface area contributed by atoms with Crippen LogP contribution in [0.25, 0.3) is 11.3 Å². The Balaban J connectivity index is 2.45. The number of nitrogens with one attached hydrogen (secondary N) is 1. The number of aromatic nitrogens is 2. The summed E-state index contributed by atoms with van der Waals surface area (Å²) in [5.41, 5.74) is 11.4. The van der Waals surface area contributed by atoms with Crippen molar-refractivity contribution in [1.29, 1.82) is 0 Å². The van der Waals surface area contributed by atoms with Crippen molar-refractivity contribution in [3.8, 4) is 11.3 Å². The summed E-state index contributed by atoms with van der Waals surface area (Å²) in [7, 11) is 0. The smallest absolute Gasteiger partial charge is 0.0929 e. The van der Waals surface area contributed by atoms with Gasteiger partial charge in [0.05, 0.1) is 12.0 Å². The summed E-state index contributed by atoms with van der Waals surface area (Å²) in [5, 5.41) is 0. The van der Waals surface area contributed by atoms with Gasteiger partial charge in [-0.25, -0.2) is 4.98 Å². The Morgan fingerprint density at radius 2 is 1.88 bits per heavy atom. The number of imidazole rings is 1. The molecule has 0 atom stereocenters. The maximum atomic E-state index is 5.58. The van der Waals surface area contributed by atoms with Gasteiger partial charge in [0.25, 0.3) is 0 Å². The lowest BCUT2D eigenvalue weighted by Gasteiger charge is -2.04. The largest absolute Gasteiger partial charge is 0.348 e. The molecule has 0 unspecified atom stereocenters. The van der Waals surface area contributed by atoms with Crippen LogP contribution in [0.1, 0.15) is 16.8 Å². The highest BCUT2D eigenvalue weighted by Gasteiger charge is 2.08. The van der Waals surface area contributed by atoms with Crippen molar-refractivity contribution in [3.63, 3.8) is 0 Å². The van der Waals surface area contributed by atoms with E-state index in [0.29, 0.717) is 6.54 Å². The highest BCUT2D eigenvalue weighted by molar-refractivity contribution is 5.63. The fraction of sp³-hybridized carbons (Fsp3) is 0.308. The van der Waals surface area contributed by atoms with E-state index in [0.717, 1.165) is 17.8 Å². The molecule has 0 aliphatic rings. The molecule has 0 aliphatic heterocycles. The molecule has 2 aromatic rings. The van der Waals surface area contributed by atoms with Gasteiger partial charge in [0, 0.05) is 17.7 Å². The van der Waals surface area contributed by atoms with Gasteiger partial charge in [-0.1, -0.05) is 17.2 Å². The Morgan fingerprint density at radius 1 is 1.19 bits per heavy atom. The fourth-order valence-corrected chi connectivity index (χ4v) is 2.02. The summed E-state index contributed by atoms with van der Waals surface area (Å²) in [6.45, 7) is 4.84. The summed E-state index contributed by atoms with van der Waals surface area (Å²) in [6.07, 6.45) is 2.57. The van der Waals surface area contributed by atoms with Crippen LogP contribution in [-0.2, 0) is 6.42 Å². The standard InChI is InChI=1S/C13H17N3/c1-9-5-10(2)7-11(6-9)13-12(3-4-14)15-8-16-13/h5-8H,3-4,14H2,1-2H3,(H,15,16). The Bertz CT molecular complexity index is 465. The minimum atomic E-state index is 0.639. The predicted molar refractivity (Wildman–Crippen MR) is 66.3 cm³/mol. The number of aromatic amines is 1. The van der Waals surface area contributed by atoms with E-state index < -0.39 is 0 Å². The minimum absolute atomic E-state index is 0.639. The lowest BCUT2D eigenvalue weighted by Crippen LogP contribution is -2.04. The zero-order valence-electron chi connectivity index (χ0n) is 9.75. The molecule has 0 fully saturated rings. The third-order valence-corrected chi connectivity index (χ3v) is 2.61. The fourth-order valence-electron chi connectivity index (χ4n) is 2.02. The van der Waals surface area contributed by atoms with Gasteiger partial charge in [-0.05, 0) is 32.5 Å². The van der Waals surface area contributed by atoms with E-state index in [1.54, 1.807) is 6.33 Å². The Labute approximate surface area is 95.7 Å². The first-order valence-corrected chi connectivity index (χ1v) is 5.51. The van der Waals surface area contributed by atoms with Crippen LogP contribution >= 0.6 is 0 Å². The molecule has 2 rings (SSSR count). The van der Waals surface area contributed by atoms with Gasteiger partial charge in [-0.3, -0.25) is 0 Å². The molecule has 0 saturated heterocycles. The molecule has 1 aromatic heterocycles. The number of nitrogens with two attached hydrogens (primary N) is 1. The molecule has 0 bridgehead atoms. The average Bonchev–Trinajstić information content (AvgIpc) is 2.65. The van der Waals surface area contributed by atoms with Gasteiger partial charge in [0.2, 0.25) is 0 Å². The lowest BCUT2D eigenvalue weighted by atomic mass is 10.0. The average molecular weight is 215 g/mol. The van der Waals surface area contributed by atoms with Gasteiger partial charge >= 0.3 is 0 Å². The zero-order valence-corrected chi connectivity index (χ0v) is 9.75. The maximum Gasteiger partial charge on any atom is 0.0929 e. The van der Waals surface area contributed by atoms with Gasteiger partial charge in [0.15, 0.2) is 0 Å². The normalized spacial score (nSPS) is 10.7. The van der Waals surface area contributed by atoms with Crippen LogP contribution in [0.2, 0.25) is 0 Å². The molecular weight excluding hydrogens is 198 g/mol. The molecule has 3 N–H and O–H groups in total. The quantitative estimate of drug-likeness (QED) is 0.824. The highest BCUT2D eigenvalue weighted by atomic mass is 14.9. The molecule has 0 spiro atoms. The number of rotatable bonds is 3. The zero-order chi connectivity index (χ0) is 11.5. The molecule has 3 heteroatoms. The number of nitrogens with zero attached hydrogens (tertiary/aromatic N) is 1. The van der Waals surface area contributed by atoms with Crippen molar-refractivity contribution < 1.29 is 0 Å². The Morgan fingerprint density at radius 3 is 2.50 bits per heavy atom. The number of hydrogen-bond donors (Lipinski definition) is 2. The summed E-state index contributed by atoms with van der Waals surface area (Å²) < 4.78 is 0. The van der Waals surface area contributed by atoms with Gasteiger partial charge in [-0.2, -0.15) is 0 Å². The van der Waals surface area contributed by atoms with Crippen LogP contribution in [0.3, 0.4) is 0 Å². The highest BCUT2D eigenvalue weighted by Crippen LogP contribution is 2.23. The van der Waals surface area contributed by atoms with Crippen LogP contribution < -0.4 is 5.73 Å². The molecule has 84 valence electrons. The van der Waals surface area contributed by atoms with E-state index in [-0.39, 0.29) is 0 Å². The number of benzene rings is 1. The number of hydrogen-bond acceptors (Lipinski definition) is 2. The van der Waals surface area contributed by atoms with Crippen molar-refractivity contribution >= 4 is 0 Å². The summed E-state index contributed by atoms with van der Waals surface area (Å²) in [5.74, 6) is 0. The maximum absolute atomic E-state index is 5.58. The van der Waals surface area contributed by atoms with Crippen molar-refractivity contribution in [2.75, 3.05) is 6.54 Å². The summed E-state index contributed by atoms with van der Waals surface area (Å²) >= 11 is 0. The third kappa shape index (κ3) is 2.14. The Hall–Kier alpha value is -1.61. The second-order valence-electron chi connectivity index (χ2n) is 4.14. The van der Waals surface area contributed by atoms with Crippen LogP contribution in [-0.4, -0.2) is 16.5 Å². The van der Waals surface area contributed by atoms with Crippen LogP contribution in [0.15, 0.2) is 24.5 Å². The SMILES string of the molecule is Cc1cc(C)cc(-c2nc[nH]c2CCN)c1. The van der Waals surface area contributed by atoms with Crippen LogP contribution in [0.4, 0.5) is 0 Å². The van der Waals surface area contributed by atoms with E-state index in [2.05, 4.69) is 42.0 Å². The van der Waals surface area contributed by atoms with Crippen molar-refractivity contribution in [1.82, 2.24) is 9.97 Å². The van der Waals surface area contributed by atoms with Crippen molar-refractivity contribution in [2.24, 2.45) is 5.73 Å². The third-order valence-electron chi connectivity index (χ3n) is 2.61. The van der Waals surface area contributed by atoms with E-state index in [9.17, 15) is 0 Å². The molecule has 0 amide bonds. The number of aryl methyl sites for hydroxylation is 2. The molecule has 1 aromatic carbocycles. The van der Waals surface area contributed by atoms with Crippen LogP contribution in [0, 0.1) is 13.8 Å². The molecule has 16 heavy (non-hydrogen) atoms. The van der Waals surface area contributed by atoms with Crippen LogP contribution in [0.5, 0.6) is 0 Å². The van der Waals surface area contributed by atoms with E-state index in [1.165, 1.54) is 16.7 Å². The molecule has 0 saturated carbocycles. The predicted octanol–water partition coefficient (Wildman–Crippen LogP) is 2.19. The number of H-pyrrole nitrogens is 1. The summed E-state index contributed by atoms with van der Waals surface area (Å²) in [4.78, 5) is 7.53. The molecule has 1 heterocycles. The van der Waals surface area contributed by atoms with Gasteiger partial charge in [-0.15, -0.1) is 0 Å². The second-order valence-corrected chi connectivity index (χ2v) is 4.14.